The molecule has 9 atom stereocenters. The van der Waals surface area contributed by atoms with E-state index < -0.39 is 11.9 Å². The van der Waals surface area contributed by atoms with Gasteiger partial charge in [0, 0.05) is 0 Å². The predicted molar refractivity (Wildman–Crippen MR) is 391 cm³/mol. The second-order valence-electron chi connectivity index (χ2n) is 29.7. The number of benzene rings is 6. The van der Waals surface area contributed by atoms with E-state index in [-0.39, 0.29) is 109 Å². The Kier molecular flexibility index (Phi) is 26.1. The van der Waals surface area contributed by atoms with Crippen LogP contribution < -0.4 is 9.47 Å². The van der Waals surface area contributed by atoms with E-state index in [2.05, 4.69) is 40.7 Å². The Labute approximate surface area is 606 Å². The molecule has 6 aromatic carbocycles. The lowest BCUT2D eigenvalue weighted by Gasteiger charge is -2.61. The maximum atomic E-state index is 14.9. The zero-order valence-electron chi connectivity index (χ0n) is 60.3. The molecule has 0 aromatic heterocycles. The van der Waals surface area contributed by atoms with E-state index in [9.17, 15) is 28.8 Å². The number of fused-ring (bicyclic) bond motifs is 5. The highest BCUT2D eigenvalue weighted by Gasteiger charge is 2.60. The Balaban J connectivity index is 0.987. The molecule has 0 radical (unpaired) electrons. The van der Waals surface area contributed by atoms with Gasteiger partial charge in [0.05, 0.1) is 64.2 Å². The molecule has 6 aromatic rings. The molecule has 538 valence electrons. The zero-order chi connectivity index (χ0) is 72.0. The van der Waals surface area contributed by atoms with Gasteiger partial charge in [-0.2, -0.15) is 0 Å². The van der Waals surface area contributed by atoms with Gasteiger partial charge in [0.2, 0.25) is 0 Å². The number of carbonyl (C=O) groups is 6. The van der Waals surface area contributed by atoms with Crippen LogP contribution in [-0.2, 0) is 99.7 Å². The lowest BCUT2D eigenvalue weighted by Crippen LogP contribution is -2.53. The van der Waals surface area contributed by atoms with Crippen LogP contribution >= 0.6 is 23.2 Å². The molecule has 0 saturated heterocycles. The van der Waals surface area contributed by atoms with Crippen molar-refractivity contribution in [3.63, 3.8) is 0 Å². The monoisotopic (exact) mass is 1410 g/mol. The standard InChI is InChI=1S/C85H100Cl2O14/c1-53(2)12-10-13-54(3)71-34-35-72-68-33-32-66-40-55(36-38-84(66,4)73(68)37-39-85(71,72)5)14-11-15-67(64-45-69(82(92)100-51-62-28-20-58(21-29-62)43-78(90)96-8)80(74(86)47-64)98-49-60-24-16-56(17-25-60)41-76(88)94-6)65-46-70(83(93)101-52-63-30-22-59(23-31-63)44-79(91)97-9)81(75(87)48-65)99-50-61-26-18-57(19-27-61)42-77(89)95-7/h15-31,45-48,53-55,66,68,71-73H,10-14,32-44,49-52H2,1-9H3. The van der Waals surface area contributed by atoms with Gasteiger partial charge in [-0.1, -0.05) is 180 Å². The van der Waals surface area contributed by atoms with E-state index in [4.69, 9.17) is 61.1 Å². The molecule has 0 N–H and O–H groups in total. The van der Waals surface area contributed by atoms with Gasteiger partial charge >= 0.3 is 35.8 Å². The molecule has 0 amide bonds. The molecular formula is C85H100Cl2O14. The number of esters is 6. The van der Waals surface area contributed by atoms with Gasteiger partial charge in [-0.3, -0.25) is 19.2 Å². The molecule has 0 spiro atoms. The van der Waals surface area contributed by atoms with Crippen LogP contribution in [0.25, 0.3) is 5.57 Å². The fourth-order valence-corrected chi connectivity index (χ4v) is 17.9. The summed E-state index contributed by atoms with van der Waals surface area (Å²) in [6.45, 7) is 12.4. The summed E-state index contributed by atoms with van der Waals surface area (Å²) in [5, 5.41) is 0.232. The molecule has 10 rings (SSSR count). The van der Waals surface area contributed by atoms with Gasteiger partial charge in [0.15, 0.2) is 11.5 Å². The Morgan fingerprint density at radius 2 is 0.891 bits per heavy atom. The van der Waals surface area contributed by atoms with Crippen LogP contribution in [0.3, 0.4) is 0 Å². The van der Waals surface area contributed by atoms with Crippen molar-refractivity contribution in [1.82, 2.24) is 0 Å². The third-order valence-corrected chi connectivity index (χ3v) is 23.5. The first kappa shape index (κ1) is 75.7. The number of methoxy groups -OCH3 is 4. The minimum absolute atomic E-state index is 0.00122. The lowest BCUT2D eigenvalue weighted by molar-refractivity contribution is -0.140. The summed E-state index contributed by atoms with van der Waals surface area (Å²) in [5.74, 6) is 3.07. The number of carbonyl (C=O) groups excluding carboxylic acids is 6. The highest BCUT2D eigenvalue weighted by Crippen LogP contribution is 2.69. The van der Waals surface area contributed by atoms with Crippen molar-refractivity contribution in [2.75, 3.05) is 28.4 Å². The minimum atomic E-state index is -0.722. The van der Waals surface area contributed by atoms with Crippen molar-refractivity contribution in [2.45, 2.75) is 177 Å². The number of hydrogen-bond acceptors (Lipinski definition) is 14. The number of ether oxygens (including phenoxy) is 8. The summed E-state index contributed by atoms with van der Waals surface area (Å²) in [6, 6.07) is 35.8. The van der Waals surface area contributed by atoms with Crippen molar-refractivity contribution < 1.29 is 66.7 Å². The smallest absolute Gasteiger partial charge is 0.342 e. The van der Waals surface area contributed by atoms with Crippen molar-refractivity contribution in [1.29, 1.82) is 0 Å². The Bertz CT molecular complexity index is 3700. The summed E-state index contributed by atoms with van der Waals surface area (Å²) in [5.41, 5.74) is 8.31. The van der Waals surface area contributed by atoms with Gasteiger partial charge in [-0.25, -0.2) is 9.59 Å². The van der Waals surface area contributed by atoms with Crippen LogP contribution in [-0.4, -0.2) is 64.3 Å². The molecular weight excluding hydrogens is 1320 g/mol. The molecule has 0 bridgehead atoms. The van der Waals surface area contributed by atoms with E-state index in [1.54, 1.807) is 72.8 Å². The van der Waals surface area contributed by atoms with Crippen molar-refractivity contribution in [3.05, 3.63) is 204 Å². The molecule has 0 heterocycles. The quantitative estimate of drug-likeness (QED) is 0.0307. The van der Waals surface area contributed by atoms with Crippen LogP contribution in [0, 0.1) is 58.2 Å². The van der Waals surface area contributed by atoms with Crippen LogP contribution in [0.2, 0.25) is 10.0 Å². The Morgan fingerprint density at radius 1 is 0.485 bits per heavy atom. The number of hydrogen-bond donors (Lipinski definition) is 0. The van der Waals surface area contributed by atoms with Crippen LogP contribution in [0.5, 0.6) is 11.5 Å². The maximum Gasteiger partial charge on any atom is 0.342 e. The minimum Gasteiger partial charge on any atom is -0.486 e. The first-order valence-corrected chi connectivity index (χ1v) is 36.9. The number of allylic oxidation sites excluding steroid dienone is 1. The average Bonchev–Trinajstić information content (AvgIpc) is 1.67. The second-order valence-corrected chi connectivity index (χ2v) is 30.5. The van der Waals surface area contributed by atoms with Crippen LogP contribution in [0.1, 0.15) is 201 Å². The fraction of sp³-hybridized carbons (Fsp3) is 0.482. The SMILES string of the molecule is COC(=O)Cc1ccc(COC(=O)c2cc(C(=CCCC3CCC4(C)C(CCC5C4CCC4(C)C(C(C)CCCC(C)C)CCC54)C3)c3cc(Cl)c(OCc4ccc(CC(=O)OC)cc4)c(C(=O)OCc4ccc(CC(=O)OC)cc4)c3)cc(Cl)c2OCc2ccc(CC(=O)OC)cc2)cc1. The van der Waals surface area contributed by atoms with Gasteiger partial charge in [0.1, 0.15) is 37.6 Å². The van der Waals surface area contributed by atoms with Gasteiger partial charge in [-0.05, 0) is 214 Å². The third-order valence-electron chi connectivity index (χ3n) is 23.0. The maximum absolute atomic E-state index is 14.9. The Hall–Kier alpha value is -7.94. The summed E-state index contributed by atoms with van der Waals surface area (Å²) < 4.78 is 44.8. The molecule has 4 aliphatic carbocycles. The van der Waals surface area contributed by atoms with Crippen LogP contribution in [0.4, 0.5) is 0 Å². The molecule has 4 saturated carbocycles. The number of halogens is 2. The first-order chi connectivity index (χ1) is 48.6. The summed E-state index contributed by atoms with van der Waals surface area (Å²) in [4.78, 5) is 78.3. The third kappa shape index (κ3) is 19.0. The summed E-state index contributed by atoms with van der Waals surface area (Å²) in [6.07, 6.45) is 19.7. The average molecular weight is 1420 g/mol. The Morgan fingerprint density at radius 3 is 1.32 bits per heavy atom. The second kappa shape index (κ2) is 34.8. The van der Waals surface area contributed by atoms with Crippen molar-refractivity contribution >= 4 is 64.6 Å². The molecule has 101 heavy (non-hydrogen) atoms. The highest BCUT2D eigenvalue weighted by molar-refractivity contribution is 6.33. The van der Waals surface area contributed by atoms with E-state index in [0.717, 1.165) is 81.7 Å². The zero-order valence-corrected chi connectivity index (χ0v) is 61.8. The molecule has 14 nitrogen and oxygen atoms in total. The van der Waals surface area contributed by atoms with Crippen LogP contribution in [0.15, 0.2) is 127 Å². The molecule has 16 heteroatoms. The van der Waals surface area contributed by atoms with Crippen molar-refractivity contribution in [3.8, 4) is 11.5 Å². The molecule has 9 unspecified atom stereocenters. The predicted octanol–water partition coefficient (Wildman–Crippen LogP) is 18.7. The first-order valence-electron chi connectivity index (χ1n) is 36.1. The van der Waals surface area contributed by atoms with E-state index in [1.165, 1.54) is 99.1 Å². The fourth-order valence-electron chi connectivity index (χ4n) is 17.3. The van der Waals surface area contributed by atoms with Gasteiger partial charge in [0.25, 0.3) is 0 Å². The summed E-state index contributed by atoms with van der Waals surface area (Å²) in [7, 11) is 5.37. The highest BCUT2D eigenvalue weighted by atomic mass is 35.5. The van der Waals surface area contributed by atoms with Crippen molar-refractivity contribution in [2.24, 2.45) is 58.2 Å². The molecule has 0 aliphatic heterocycles. The van der Waals surface area contributed by atoms with E-state index in [1.807, 2.05) is 48.5 Å². The van der Waals surface area contributed by atoms with E-state index >= 15 is 0 Å². The van der Waals surface area contributed by atoms with Gasteiger partial charge < -0.3 is 37.9 Å². The largest absolute Gasteiger partial charge is 0.486 e. The number of rotatable bonds is 30. The topological polar surface area (TPSA) is 176 Å². The molecule has 4 fully saturated rings. The normalized spacial score (nSPS) is 21.5. The van der Waals surface area contributed by atoms with E-state index in [0.29, 0.717) is 56.9 Å². The molecule has 4 aliphatic rings. The summed E-state index contributed by atoms with van der Waals surface area (Å²) >= 11 is 14.9. The van der Waals surface area contributed by atoms with Gasteiger partial charge in [-0.15, -0.1) is 0 Å². The lowest BCUT2D eigenvalue weighted by atomic mass is 9.44.